The summed E-state index contributed by atoms with van der Waals surface area (Å²) in [7, 11) is -10.5. The number of sulfone groups is 1. The van der Waals surface area contributed by atoms with Gasteiger partial charge in [-0.15, -0.1) is 0 Å². The van der Waals surface area contributed by atoms with E-state index in [-0.39, 0.29) is 28.6 Å². The zero-order valence-corrected chi connectivity index (χ0v) is 17.8. The zero-order valence-electron chi connectivity index (χ0n) is 15.3. The van der Waals surface area contributed by atoms with Crippen molar-refractivity contribution >= 4 is 35.6 Å². The Morgan fingerprint density at radius 2 is 1.67 bits per heavy atom. The molecule has 1 unspecified atom stereocenters. The molecule has 3 rings (SSSR count). The third-order valence-corrected chi connectivity index (χ3v) is 10.4. The normalized spacial score (nSPS) is 24.8. The third kappa shape index (κ3) is 4.30. The molecule has 0 bridgehead atoms. The molecular weight excluding hydrogens is 412 g/mol. The molecule has 2 heterocycles. The minimum Gasteiger partial charge on any atom is -0.270 e. The van der Waals surface area contributed by atoms with Gasteiger partial charge in [0, 0.05) is 12.6 Å². The van der Waals surface area contributed by atoms with Crippen LogP contribution in [0.4, 0.5) is 5.69 Å². The Morgan fingerprint density at radius 1 is 1.04 bits per heavy atom. The van der Waals surface area contributed by atoms with Crippen molar-refractivity contribution < 1.29 is 25.3 Å². The lowest BCUT2D eigenvalue weighted by atomic mass is 10.1. The van der Waals surface area contributed by atoms with E-state index >= 15 is 0 Å². The second-order valence-electron chi connectivity index (χ2n) is 7.23. The molecule has 1 atom stereocenters. The lowest BCUT2D eigenvalue weighted by molar-refractivity contribution is 0.561. The molecule has 2 fully saturated rings. The Bertz CT molecular complexity index is 1040. The molecular formula is C16H24N2O6S3. The van der Waals surface area contributed by atoms with E-state index in [2.05, 4.69) is 4.72 Å². The molecule has 8 nitrogen and oxygen atoms in total. The molecule has 2 aliphatic heterocycles. The van der Waals surface area contributed by atoms with Gasteiger partial charge in [0.2, 0.25) is 20.0 Å². The summed E-state index contributed by atoms with van der Waals surface area (Å²) in [6.45, 7) is 3.62. The minimum absolute atomic E-state index is 0.0239. The smallest absolute Gasteiger partial charge is 0.241 e. The van der Waals surface area contributed by atoms with Crippen LogP contribution in [0.15, 0.2) is 17.0 Å². The number of sulfonamides is 2. The summed E-state index contributed by atoms with van der Waals surface area (Å²) in [4.78, 5) is 0.0740. The number of hydrogen-bond donors (Lipinski definition) is 1. The maximum absolute atomic E-state index is 12.8. The van der Waals surface area contributed by atoms with Crippen LogP contribution in [0.3, 0.4) is 0 Å². The lowest BCUT2D eigenvalue weighted by Gasteiger charge is -2.29. The number of benzene rings is 1. The van der Waals surface area contributed by atoms with E-state index in [0.717, 1.165) is 6.42 Å². The van der Waals surface area contributed by atoms with Crippen LogP contribution in [-0.2, 0) is 29.9 Å². The maximum Gasteiger partial charge on any atom is 0.241 e. The summed E-state index contributed by atoms with van der Waals surface area (Å²) in [5.41, 5.74) is 1.32. The van der Waals surface area contributed by atoms with Gasteiger partial charge in [-0.3, -0.25) is 4.31 Å². The highest BCUT2D eigenvalue weighted by Crippen LogP contribution is 2.30. The van der Waals surface area contributed by atoms with Gasteiger partial charge in [-0.05, 0) is 56.4 Å². The van der Waals surface area contributed by atoms with E-state index < -0.39 is 35.9 Å². The fraction of sp³-hybridized carbons (Fsp3) is 0.625. The molecule has 2 aliphatic rings. The molecule has 0 spiro atoms. The number of nitrogens with zero attached hydrogens (tertiary/aromatic N) is 1. The molecule has 0 radical (unpaired) electrons. The van der Waals surface area contributed by atoms with Crippen molar-refractivity contribution in [2.24, 2.45) is 0 Å². The molecule has 1 aromatic rings. The number of rotatable bonds is 4. The molecule has 2 saturated heterocycles. The standard InChI is InChI=1S/C16H24N2O6S3/c1-12-9-15(18-6-3-4-7-26(18,21)22)10-13(2)16(12)27(23,24)17-14-5-8-25(19,20)11-14/h9-10,14,17H,3-8,11H2,1-2H3. The largest absolute Gasteiger partial charge is 0.270 e. The topological polar surface area (TPSA) is 118 Å². The molecule has 0 amide bonds. The van der Waals surface area contributed by atoms with Gasteiger partial charge in [0.1, 0.15) is 0 Å². The van der Waals surface area contributed by atoms with Crippen molar-refractivity contribution in [2.75, 3.05) is 28.1 Å². The predicted molar refractivity (Wildman–Crippen MR) is 104 cm³/mol. The van der Waals surface area contributed by atoms with Crippen LogP contribution in [0.2, 0.25) is 0 Å². The van der Waals surface area contributed by atoms with E-state index in [4.69, 9.17) is 0 Å². The van der Waals surface area contributed by atoms with Crippen molar-refractivity contribution in [3.63, 3.8) is 0 Å². The van der Waals surface area contributed by atoms with Gasteiger partial charge in [0.05, 0.1) is 27.8 Å². The average Bonchev–Trinajstić information content (AvgIpc) is 2.83. The van der Waals surface area contributed by atoms with Crippen LogP contribution in [0.25, 0.3) is 0 Å². The molecule has 0 aliphatic carbocycles. The van der Waals surface area contributed by atoms with Crippen molar-refractivity contribution in [3.05, 3.63) is 23.3 Å². The third-order valence-electron chi connectivity index (χ3n) is 4.91. The van der Waals surface area contributed by atoms with Crippen LogP contribution in [0.1, 0.15) is 30.4 Å². The van der Waals surface area contributed by atoms with Crippen LogP contribution in [-0.4, -0.2) is 55.1 Å². The van der Waals surface area contributed by atoms with E-state index in [1.807, 2.05) is 0 Å². The monoisotopic (exact) mass is 436 g/mol. The fourth-order valence-electron chi connectivity index (χ4n) is 3.74. The number of aryl methyl sites for hydroxylation is 2. The highest BCUT2D eigenvalue weighted by molar-refractivity contribution is 7.93. The van der Waals surface area contributed by atoms with Crippen molar-refractivity contribution in [1.29, 1.82) is 0 Å². The van der Waals surface area contributed by atoms with Crippen LogP contribution in [0.5, 0.6) is 0 Å². The Labute approximate surface area is 161 Å². The van der Waals surface area contributed by atoms with Gasteiger partial charge in [0.15, 0.2) is 9.84 Å². The summed E-state index contributed by atoms with van der Waals surface area (Å²) < 4.78 is 77.3. The van der Waals surface area contributed by atoms with Gasteiger partial charge in [-0.1, -0.05) is 0 Å². The molecule has 27 heavy (non-hydrogen) atoms. The Hall–Kier alpha value is -1.17. The van der Waals surface area contributed by atoms with Crippen LogP contribution in [0, 0.1) is 13.8 Å². The zero-order chi connectivity index (χ0) is 20.0. The molecule has 0 saturated carbocycles. The van der Waals surface area contributed by atoms with Crippen molar-refractivity contribution in [2.45, 2.75) is 44.0 Å². The first-order chi connectivity index (χ1) is 12.4. The average molecular weight is 437 g/mol. The summed E-state index contributed by atoms with van der Waals surface area (Å²) in [6, 6.07) is 2.49. The van der Waals surface area contributed by atoms with Gasteiger partial charge in [0.25, 0.3) is 0 Å². The van der Waals surface area contributed by atoms with Crippen LogP contribution >= 0.6 is 0 Å². The molecule has 1 aromatic carbocycles. The minimum atomic E-state index is -3.91. The van der Waals surface area contributed by atoms with E-state index in [1.165, 1.54) is 4.31 Å². The first-order valence-electron chi connectivity index (χ1n) is 8.76. The molecule has 152 valence electrons. The van der Waals surface area contributed by atoms with Gasteiger partial charge in [-0.2, -0.15) is 0 Å². The highest BCUT2D eigenvalue weighted by Gasteiger charge is 2.33. The second kappa shape index (κ2) is 7.02. The lowest BCUT2D eigenvalue weighted by Crippen LogP contribution is -2.38. The Balaban J connectivity index is 1.93. The SMILES string of the molecule is Cc1cc(N2CCCCS2(=O)=O)cc(C)c1S(=O)(=O)NC1CCS(=O)(=O)C1. The maximum atomic E-state index is 12.8. The van der Waals surface area contributed by atoms with Crippen molar-refractivity contribution in [3.8, 4) is 0 Å². The summed E-state index contributed by atoms with van der Waals surface area (Å²) in [5.74, 6) is -0.138. The van der Waals surface area contributed by atoms with E-state index in [0.29, 0.717) is 29.8 Å². The fourth-order valence-corrected chi connectivity index (χ4v) is 8.87. The van der Waals surface area contributed by atoms with Gasteiger partial charge < -0.3 is 0 Å². The second-order valence-corrected chi connectivity index (χ2v) is 13.1. The summed E-state index contributed by atoms with van der Waals surface area (Å²) in [6.07, 6.45) is 1.64. The van der Waals surface area contributed by atoms with E-state index in [9.17, 15) is 25.3 Å². The first kappa shape index (κ1) is 20.6. The Morgan fingerprint density at radius 3 is 2.19 bits per heavy atom. The van der Waals surface area contributed by atoms with Gasteiger partial charge in [-0.25, -0.2) is 30.0 Å². The molecule has 1 N–H and O–H groups in total. The highest BCUT2D eigenvalue weighted by atomic mass is 32.2. The number of nitrogens with one attached hydrogen (secondary N) is 1. The molecule has 11 heteroatoms. The van der Waals surface area contributed by atoms with Gasteiger partial charge >= 0.3 is 0 Å². The number of anilines is 1. The quantitative estimate of drug-likeness (QED) is 0.742. The van der Waals surface area contributed by atoms with Crippen LogP contribution < -0.4 is 9.03 Å². The predicted octanol–water partition coefficient (Wildman–Crippen LogP) is 0.699. The molecule has 0 aromatic heterocycles. The summed E-state index contributed by atoms with van der Waals surface area (Å²) >= 11 is 0. The number of hydrogen-bond acceptors (Lipinski definition) is 6. The van der Waals surface area contributed by atoms with E-state index in [1.54, 1.807) is 26.0 Å². The Kier molecular flexibility index (Phi) is 5.34. The summed E-state index contributed by atoms with van der Waals surface area (Å²) in [5, 5.41) is 0. The first-order valence-corrected chi connectivity index (χ1v) is 13.7. The van der Waals surface area contributed by atoms with Crippen molar-refractivity contribution in [1.82, 2.24) is 4.72 Å².